The Morgan fingerprint density at radius 1 is 0.977 bits per heavy atom. The normalized spacial score (nSPS) is 19.2. The van der Waals surface area contributed by atoms with Crippen molar-refractivity contribution >= 4 is 36.8 Å². The molecule has 4 aromatic rings. The lowest BCUT2D eigenvalue weighted by Crippen LogP contribution is -2.55. The highest BCUT2D eigenvalue weighted by molar-refractivity contribution is 7.46. The van der Waals surface area contributed by atoms with Crippen LogP contribution < -0.4 is 9.57 Å². The summed E-state index contributed by atoms with van der Waals surface area (Å²) in [4.78, 5) is 28.3. The van der Waals surface area contributed by atoms with E-state index in [1.807, 2.05) is 0 Å². The molecule has 2 aliphatic heterocycles. The minimum Gasteiger partial charge on any atom is -0.355 e. The Labute approximate surface area is 245 Å². The second kappa shape index (κ2) is 11.1. The predicted octanol–water partition coefficient (Wildman–Crippen LogP) is 5.06. The Balaban J connectivity index is 1.34. The Hall–Kier alpha value is -4.11. The van der Waals surface area contributed by atoms with Crippen LogP contribution in [0.2, 0.25) is 0 Å². The smallest absolute Gasteiger partial charge is 0.355 e. The number of fused-ring (bicyclic) bond motifs is 1. The van der Waals surface area contributed by atoms with Crippen molar-refractivity contribution in [3.63, 3.8) is 0 Å². The number of benzene rings is 1. The molecule has 44 heavy (non-hydrogen) atoms. The van der Waals surface area contributed by atoms with E-state index in [0.717, 1.165) is 27.7 Å². The number of carbonyl (C=O) groups is 1. The van der Waals surface area contributed by atoms with E-state index < -0.39 is 61.7 Å². The summed E-state index contributed by atoms with van der Waals surface area (Å²) >= 11 is 0. The molecule has 18 heteroatoms. The van der Waals surface area contributed by atoms with Crippen LogP contribution in [-0.2, 0) is 28.6 Å². The molecule has 0 bridgehead atoms. The molecule has 5 heterocycles. The fraction of sp³-hybridized carbons (Fsp3) is 0.346. The number of nitrogens with zero attached hydrogens (tertiary/aromatic N) is 8. The molecule has 3 aromatic heterocycles. The Kier molecular flexibility index (Phi) is 7.56. The van der Waals surface area contributed by atoms with Crippen LogP contribution in [-0.4, -0.2) is 60.4 Å². The van der Waals surface area contributed by atoms with Crippen LogP contribution in [0, 0.1) is 11.6 Å². The van der Waals surface area contributed by atoms with Crippen molar-refractivity contribution < 1.29 is 40.1 Å². The van der Waals surface area contributed by atoms with Gasteiger partial charge in [0.2, 0.25) is 8.10 Å². The second-order valence-electron chi connectivity index (χ2n) is 10.4. The minimum atomic E-state index is -4.76. The van der Waals surface area contributed by atoms with Gasteiger partial charge in [-0.2, -0.15) is 18.3 Å². The summed E-state index contributed by atoms with van der Waals surface area (Å²) < 4.78 is 111. The highest BCUT2D eigenvalue weighted by Crippen LogP contribution is 2.54. The van der Waals surface area contributed by atoms with Crippen molar-refractivity contribution in [2.24, 2.45) is 0 Å². The summed E-state index contributed by atoms with van der Waals surface area (Å²) in [5, 5.41) is 3.89. The zero-order valence-corrected chi connectivity index (χ0v) is 23.5. The van der Waals surface area contributed by atoms with Gasteiger partial charge in [-0.15, -0.1) is 0 Å². The quantitative estimate of drug-likeness (QED) is 0.213. The van der Waals surface area contributed by atoms with Gasteiger partial charge in [0.1, 0.15) is 40.9 Å². The van der Waals surface area contributed by atoms with Gasteiger partial charge in [0.05, 0.1) is 18.0 Å². The molecular formula is C26H22F7N8O2P. The van der Waals surface area contributed by atoms with Crippen LogP contribution in [0.1, 0.15) is 24.0 Å². The van der Waals surface area contributed by atoms with Gasteiger partial charge in [0, 0.05) is 31.9 Å². The zero-order valence-electron chi connectivity index (χ0n) is 22.5. The molecule has 0 saturated carbocycles. The van der Waals surface area contributed by atoms with Crippen LogP contribution in [0.4, 0.5) is 42.4 Å². The lowest BCUT2D eigenvalue weighted by atomic mass is 9.86. The molecule has 2 aliphatic rings. The standard InChI is InChI=1S/C26H22F7N8O2P/c27-17-7-15(8-18(28)10-17)13-40-25(24(42)41(44(40)43)21-9-16(1-4-34-21)26(31,32)33)2-5-38(6-3-25)22-12-35-19-11-36-39(14-20(29)30)23(19)37-22/h1,4,7-12,20,44H,2-3,5-6,13-14H2. The fourth-order valence-electron chi connectivity index (χ4n) is 5.58. The fourth-order valence-corrected chi connectivity index (χ4v) is 7.53. The average molecular weight is 642 g/mol. The first-order valence-electron chi connectivity index (χ1n) is 13.2. The number of hydrogen-bond donors (Lipinski definition) is 0. The molecule has 1 atom stereocenters. The Morgan fingerprint density at radius 3 is 2.34 bits per heavy atom. The molecule has 0 radical (unpaired) electrons. The van der Waals surface area contributed by atoms with E-state index in [0.29, 0.717) is 29.5 Å². The number of halogens is 7. The van der Waals surface area contributed by atoms with Gasteiger partial charge >= 0.3 is 6.18 Å². The third-order valence-corrected chi connectivity index (χ3v) is 9.53. The molecule has 0 N–H and O–H groups in total. The molecule has 1 unspecified atom stereocenters. The van der Waals surface area contributed by atoms with Crippen molar-refractivity contribution in [3.8, 4) is 0 Å². The molecular weight excluding hydrogens is 620 g/mol. The second-order valence-corrected chi connectivity index (χ2v) is 11.9. The number of piperidine rings is 1. The number of alkyl halides is 5. The van der Waals surface area contributed by atoms with E-state index in [4.69, 9.17) is 0 Å². The number of hydrogen-bond acceptors (Lipinski definition) is 7. The van der Waals surface area contributed by atoms with Crippen molar-refractivity contribution in [1.82, 2.24) is 29.4 Å². The highest BCUT2D eigenvalue weighted by atomic mass is 31.1. The van der Waals surface area contributed by atoms with E-state index in [9.17, 15) is 40.1 Å². The number of rotatable bonds is 6. The van der Waals surface area contributed by atoms with Crippen LogP contribution in [0.15, 0.2) is 48.9 Å². The van der Waals surface area contributed by atoms with Crippen molar-refractivity contribution in [1.29, 1.82) is 0 Å². The van der Waals surface area contributed by atoms with Crippen molar-refractivity contribution in [3.05, 3.63) is 71.7 Å². The van der Waals surface area contributed by atoms with E-state index >= 15 is 0 Å². The maximum Gasteiger partial charge on any atom is 0.416 e. The largest absolute Gasteiger partial charge is 0.416 e. The monoisotopic (exact) mass is 642 g/mol. The first-order chi connectivity index (χ1) is 20.9. The first kappa shape index (κ1) is 29.9. The topological polar surface area (TPSA) is 100 Å². The molecule has 1 spiro atoms. The highest BCUT2D eigenvalue weighted by Gasteiger charge is 2.58. The number of anilines is 2. The van der Waals surface area contributed by atoms with Gasteiger partial charge in [-0.1, -0.05) is 0 Å². The molecule has 10 nitrogen and oxygen atoms in total. The van der Waals surface area contributed by atoms with Gasteiger partial charge in [-0.3, -0.25) is 9.36 Å². The molecule has 232 valence electrons. The van der Waals surface area contributed by atoms with Gasteiger partial charge in [-0.05, 0) is 42.7 Å². The molecule has 0 aliphatic carbocycles. The summed E-state index contributed by atoms with van der Waals surface area (Å²) in [6.07, 6.45) is -3.88. The number of pyridine rings is 1. The first-order valence-corrected chi connectivity index (χ1v) is 14.5. The summed E-state index contributed by atoms with van der Waals surface area (Å²) in [6.45, 7) is -0.807. The van der Waals surface area contributed by atoms with Gasteiger partial charge in [0.15, 0.2) is 5.65 Å². The summed E-state index contributed by atoms with van der Waals surface area (Å²) in [7, 11) is -3.38. The minimum absolute atomic E-state index is 0.00842. The number of amides is 1. The van der Waals surface area contributed by atoms with Gasteiger partial charge < -0.3 is 4.90 Å². The molecule has 6 rings (SSSR count). The predicted molar refractivity (Wildman–Crippen MR) is 143 cm³/mol. The van der Waals surface area contributed by atoms with Gasteiger partial charge in [-0.25, -0.2) is 46.5 Å². The summed E-state index contributed by atoms with van der Waals surface area (Å²) in [5.74, 6) is -2.72. The van der Waals surface area contributed by atoms with Crippen molar-refractivity contribution in [2.75, 3.05) is 22.7 Å². The summed E-state index contributed by atoms with van der Waals surface area (Å²) in [5.41, 5.74) is -2.13. The maximum absolute atomic E-state index is 14.0. The molecule has 1 aromatic carbocycles. The lowest BCUT2D eigenvalue weighted by Gasteiger charge is -2.42. The zero-order chi connectivity index (χ0) is 31.4. The van der Waals surface area contributed by atoms with Crippen LogP contribution in [0.5, 0.6) is 0 Å². The molecule has 1 amide bonds. The SMILES string of the molecule is O=C1N(c2cc(C(F)(F)F)ccn2)[PH](=O)N(Cc2cc(F)cc(F)c2)C12CCN(c1cnc3cnn(CC(F)F)c3n1)CC2. The molecule has 2 saturated heterocycles. The van der Waals surface area contributed by atoms with Crippen LogP contribution in [0.25, 0.3) is 11.2 Å². The third-order valence-electron chi connectivity index (χ3n) is 7.66. The van der Waals surface area contributed by atoms with E-state index in [2.05, 4.69) is 20.1 Å². The van der Waals surface area contributed by atoms with Gasteiger partial charge in [0.25, 0.3) is 12.3 Å². The van der Waals surface area contributed by atoms with Crippen LogP contribution >= 0.6 is 8.10 Å². The Morgan fingerprint density at radius 2 is 1.68 bits per heavy atom. The van der Waals surface area contributed by atoms with Crippen LogP contribution in [0.3, 0.4) is 0 Å². The number of aromatic nitrogens is 5. The average Bonchev–Trinajstić information content (AvgIpc) is 3.44. The maximum atomic E-state index is 14.0. The summed E-state index contributed by atoms with van der Waals surface area (Å²) in [6, 6.07) is 4.03. The van der Waals surface area contributed by atoms with E-state index in [1.165, 1.54) is 17.1 Å². The number of carbonyl (C=O) groups excluding carboxylic acids is 1. The van der Waals surface area contributed by atoms with E-state index in [-0.39, 0.29) is 43.7 Å². The van der Waals surface area contributed by atoms with Crippen molar-refractivity contribution in [2.45, 2.75) is 44.1 Å². The third kappa shape index (κ3) is 5.38. The van der Waals surface area contributed by atoms with E-state index in [1.54, 1.807) is 4.90 Å². The lowest BCUT2D eigenvalue weighted by molar-refractivity contribution is -0.137. The Bertz CT molecular complexity index is 1740. The molecule has 2 fully saturated rings.